The Bertz CT molecular complexity index is 753. The fourth-order valence-electron chi connectivity index (χ4n) is 2.85. The minimum Gasteiger partial charge on any atom is -0.466 e. The number of piperidine rings is 1. The molecule has 0 amide bonds. The Balaban J connectivity index is 2.31. The number of hydrogen-bond donors (Lipinski definition) is 1. The van der Waals surface area contributed by atoms with Crippen LogP contribution in [0.3, 0.4) is 0 Å². The Labute approximate surface area is 157 Å². The number of nitrogens with zero attached hydrogens (tertiary/aromatic N) is 2. The first kappa shape index (κ1) is 20.2. The van der Waals surface area contributed by atoms with Gasteiger partial charge in [0, 0.05) is 24.8 Å². The molecule has 0 bridgehead atoms. The highest BCUT2D eigenvalue weighted by Gasteiger charge is 2.24. The fourth-order valence-corrected chi connectivity index (χ4v) is 2.85. The third kappa shape index (κ3) is 5.19. The van der Waals surface area contributed by atoms with Crippen molar-refractivity contribution in [3.05, 3.63) is 40.1 Å². The SMILES string of the molecule is COC(=O)/C=C(/Nc1ccc(N2CCC(C)CC2)c([N+](=O)[O-])c1)C(=O)OC. The van der Waals surface area contributed by atoms with Crippen molar-refractivity contribution >= 4 is 29.0 Å². The first-order valence-corrected chi connectivity index (χ1v) is 8.54. The summed E-state index contributed by atoms with van der Waals surface area (Å²) in [5.41, 5.74) is 0.570. The second-order valence-electron chi connectivity index (χ2n) is 6.33. The molecule has 0 aliphatic carbocycles. The molecule has 1 saturated heterocycles. The molecule has 0 atom stereocenters. The Morgan fingerprint density at radius 1 is 1.26 bits per heavy atom. The van der Waals surface area contributed by atoms with E-state index in [4.69, 9.17) is 0 Å². The van der Waals surface area contributed by atoms with Crippen LogP contribution < -0.4 is 10.2 Å². The Kier molecular flexibility index (Phi) is 6.75. The van der Waals surface area contributed by atoms with E-state index in [1.807, 2.05) is 4.90 Å². The molecule has 0 unspecified atom stereocenters. The van der Waals surface area contributed by atoms with Crippen molar-refractivity contribution in [1.29, 1.82) is 0 Å². The molecule has 0 aromatic heterocycles. The average Bonchev–Trinajstić information content (AvgIpc) is 2.67. The molecule has 2 rings (SSSR count). The molecule has 1 aromatic carbocycles. The van der Waals surface area contributed by atoms with E-state index in [-0.39, 0.29) is 17.1 Å². The number of hydrogen-bond acceptors (Lipinski definition) is 8. The van der Waals surface area contributed by atoms with Crippen LogP contribution in [0.1, 0.15) is 19.8 Å². The van der Waals surface area contributed by atoms with Gasteiger partial charge in [0.25, 0.3) is 5.69 Å². The normalized spacial score (nSPS) is 15.2. The molecule has 1 N–H and O–H groups in total. The van der Waals surface area contributed by atoms with Crippen LogP contribution in [0, 0.1) is 16.0 Å². The first-order chi connectivity index (χ1) is 12.8. The van der Waals surface area contributed by atoms with Crippen molar-refractivity contribution in [2.75, 3.05) is 37.5 Å². The van der Waals surface area contributed by atoms with E-state index in [2.05, 4.69) is 21.7 Å². The van der Waals surface area contributed by atoms with Crippen LogP contribution in [0.25, 0.3) is 0 Å². The number of nitro groups is 1. The summed E-state index contributed by atoms with van der Waals surface area (Å²) in [6.07, 6.45) is 2.88. The van der Waals surface area contributed by atoms with Gasteiger partial charge in [-0.05, 0) is 30.9 Å². The molecule has 1 aromatic rings. The second kappa shape index (κ2) is 9.02. The van der Waals surface area contributed by atoms with E-state index < -0.39 is 16.9 Å². The van der Waals surface area contributed by atoms with Crippen molar-refractivity contribution < 1.29 is 24.0 Å². The van der Waals surface area contributed by atoms with Gasteiger partial charge in [-0.3, -0.25) is 10.1 Å². The quantitative estimate of drug-likeness (QED) is 0.348. The van der Waals surface area contributed by atoms with Crippen LogP contribution in [0.4, 0.5) is 17.1 Å². The zero-order chi connectivity index (χ0) is 20.0. The number of carbonyl (C=O) groups excluding carboxylic acids is 2. The summed E-state index contributed by atoms with van der Waals surface area (Å²) in [7, 11) is 2.34. The second-order valence-corrected chi connectivity index (χ2v) is 6.33. The number of methoxy groups -OCH3 is 2. The summed E-state index contributed by atoms with van der Waals surface area (Å²) < 4.78 is 9.12. The van der Waals surface area contributed by atoms with E-state index in [0.29, 0.717) is 11.6 Å². The molecule has 146 valence electrons. The fraction of sp³-hybridized carbons (Fsp3) is 0.444. The monoisotopic (exact) mass is 377 g/mol. The minimum absolute atomic E-state index is 0.0724. The van der Waals surface area contributed by atoms with Crippen LogP contribution in [0.2, 0.25) is 0 Å². The molecule has 9 nitrogen and oxygen atoms in total. The van der Waals surface area contributed by atoms with Gasteiger partial charge < -0.3 is 19.7 Å². The smallest absolute Gasteiger partial charge is 0.354 e. The van der Waals surface area contributed by atoms with Crippen molar-refractivity contribution in [3.63, 3.8) is 0 Å². The standard InChI is InChI=1S/C18H23N3O6/c1-12-6-8-20(9-7-12)15-5-4-13(10-16(15)21(24)25)19-14(18(23)27-3)11-17(22)26-2/h4-5,10-12,19H,6-9H2,1-3H3/b14-11+. The molecule has 9 heteroatoms. The third-order valence-electron chi connectivity index (χ3n) is 4.44. The number of carbonyl (C=O) groups is 2. The molecule has 1 fully saturated rings. The first-order valence-electron chi connectivity index (χ1n) is 8.54. The van der Waals surface area contributed by atoms with Crippen LogP contribution >= 0.6 is 0 Å². The number of rotatable bonds is 6. The van der Waals surface area contributed by atoms with Gasteiger partial charge in [-0.1, -0.05) is 6.92 Å². The van der Waals surface area contributed by atoms with Gasteiger partial charge in [0.15, 0.2) is 0 Å². The lowest BCUT2D eigenvalue weighted by Crippen LogP contribution is -2.33. The Morgan fingerprint density at radius 3 is 2.48 bits per heavy atom. The van der Waals surface area contributed by atoms with E-state index in [9.17, 15) is 19.7 Å². The topological polar surface area (TPSA) is 111 Å². The highest BCUT2D eigenvalue weighted by Crippen LogP contribution is 2.34. The van der Waals surface area contributed by atoms with Crippen molar-refractivity contribution in [3.8, 4) is 0 Å². The van der Waals surface area contributed by atoms with Gasteiger partial charge in [-0.2, -0.15) is 0 Å². The molecule has 1 aliphatic heterocycles. The Morgan fingerprint density at radius 2 is 1.93 bits per heavy atom. The molecule has 0 saturated carbocycles. The van der Waals surface area contributed by atoms with Crippen LogP contribution in [-0.4, -0.2) is 44.2 Å². The van der Waals surface area contributed by atoms with E-state index in [0.717, 1.165) is 39.1 Å². The highest BCUT2D eigenvalue weighted by atomic mass is 16.6. The van der Waals surface area contributed by atoms with Gasteiger partial charge >= 0.3 is 11.9 Å². The number of esters is 2. The van der Waals surface area contributed by atoms with Gasteiger partial charge in [-0.15, -0.1) is 0 Å². The maximum Gasteiger partial charge on any atom is 0.354 e. The van der Waals surface area contributed by atoms with E-state index in [1.54, 1.807) is 12.1 Å². The molecule has 1 heterocycles. The Hall–Kier alpha value is -3.10. The molecular weight excluding hydrogens is 354 g/mol. The third-order valence-corrected chi connectivity index (χ3v) is 4.44. The highest BCUT2D eigenvalue weighted by molar-refractivity contribution is 5.98. The zero-order valence-electron chi connectivity index (χ0n) is 15.6. The lowest BCUT2D eigenvalue weighted by Gasteiger charge is -2.31. The van der Waals surface area contributed by atoms with Gasteiger partial charge in [-0.25, -0.2) is 9.59 Å². The number of nitro benzene ring substituents is 1. The molecule has 1 aliphatic rings. The molecular formula is C18H23N3O6. The van der Waals surface area contributed by atoms with Gasteiger partial charge in [0.1, 0.15) is 11.4 Å². The lowest BCUT2D eigenvalue weighted by atomic mass is 9.98. The molecule has 0 spiro atoms. The summed E-state index contributed by atoms with van der Waals surface area (Å²) in [5.74, 6) is -0.944. The average molecular weight is 377 g/mol. The largest absolute Gasteiger partial charge is 0.466 e. The summed E-state index contributed by atoms with van der Waals surface area (Å²) in [4.78, 5) is 36.3. The molecule has 0 radical (unpaired) electrons. The summed E-state index contributed by atoms with van der Waals surface area (Å²) in [6.45, 7) is 3.68. The summed E-state index contributed by atoms with van der Waals surface area (Å²) in [6, 6.07) is 4.60. The lowest BCUT2D eigenvalue weighted by molar-refractivity contribution is -0.384. The molecule has 27 heavy (non-hydrogen) atoms. The predicted octanol–water partition coefficient (Wildman–Crippen LogP) is 2.47. The van der Waals surface area contributed by atoms with Gasteiger partial charge in [0.2, 0.25) is 0 Å². The maximum absolute atomic E-state index is 11.8. The van der Waals surface area contributed by atoms with Crippen molar-refractivity contribution in [2.24, 2.45) is 5.92 Å². The van der Waals surface area contributed by atoms with E-state index >= 15 is 0 Å². The van der Waals surface area contributed by atoms with Gasteiger partial charge in [0.05, 0.1) is 25.2 Å². The number of anilines is 2. The minimum atomic E-state index is -0.794. The number of nitrogens with one attached hydrogen (secondary N) is 1. The van der Waals surface area contributed by atoms with E-state index in [1.165, 1.54) is 13.2 Å². The zero-order valence-corrected chi connectivity index (χ0v) is 15.6. The van der Waals surface area contributed by atoms with Crippen LogP contribution in [0.5, 0.6) is 0 Å². The predicted molar refractivity (Wildman–Crippen MR) is 99.4 cm³/mol. The van der Waals surface area contributed by atoms with Crippen LogP contribution in [-0.2, 0) is 19.1 Å². The van der Waals surface area contributed by atoms with Crippen LogP contribution in [0.15, 0.2) is 30.0 Å². The number of ether oxygens (including phenoxy) is 2. The summed E-state index contributed by atoms with van der Waals surface area (Å²) in [5, 5.41) is 14.2. The number of benzene rings is 1. The summed E-state index contributed by atoms with van der Waals surface area (Å²) >= 11 is 0. The van der Waals surface area contributed by atoms with Crippen molar-refractivity contribution in [1.82, 2.24) is 0 Å². The van der Waals surface area contributed by atoms with Crippen molar-refractivity contribution in [2.45, 2.75) is 19.8 Å². The maximum atomic E-state index is 11.8.